The molecule has 15 heavy (non-hydrogen) atoms. The van der Waals surface area contributed by atoms with Gasteiger partial charge in [0.05, 0.1) is 9.35 Å². The highest BCUT2D eigenvalue weighted by Crippen LogP contribution is 2.26. The zero-order chi connectivity index (χ0) is 10.8. The smallest absolute Gasteiger partial charge is 0.254 e. The Kier molecular flexibility index (Phi) is 3.46. The maximum absolute atomic E-state index is 12.1. The maximum Gasteiger partial charge on any atom is 0.254 e. The van der Waals surface area contributed by atoms with Crippen LogP contribution in [0, 0.1) is 0 Å². The molecule has 0 spiro atoms. The summed E-state index contributed by atoms with van der Waals surface area (Å²) in [4.78, 5) is 14.2. The molecule has 1 aliphatic rings. The van der Waals surface area contributed by atoms with Crippen LogP contribution in [0.4, 0.5) is 0 Å². The van der Waals surface area contributed by atoms with E-state index < -0.39 is 0 Å². The average Bonchev–Trinajstić information content (AvgIpc) is 2.84. The Bertz CT molecular complexity index is 363. The minimum absolute atomic E-state index is 0.196. The highest BCUT2D eigenvalue weighted by atomic mass is 79.9. The fourth-order valence-electron chi connectivity index (χ4n) is 2.12. The van der Waals surface area contributed by atoms with Crippen molar-refractivity contribution in [2.75, 3.05) is 6.54 Å². The second kappa shape index (κ2) is 4.66. The number of nitrogens with zero attached hydrogens (tertiary/aromatic N) is 1. The fraction of sp³-hybridized carbons (Fsp3) is 0.545. The van der Waals surface area contributed by atoms with Crippen LogP contribution < -0.4 is 0 Å². The molecule has 2 nitrogen and oxygen atoms in total. The molecule has 0 saturated carbocycles. The van der Waals surface area contributed by atoms with Gasteiger partial charge in [0.1, 0.15) is 0 Å². The number of amides is 1. The molecule has 1 fully saturated rings. The van der Waals surface area contributed by atoms with E-state index in [4.69, 9.17) is 0 Å². The van der Waals surface area contributed by atoms with E-state index in [2.05, 4.69) is 22.9 Å². The minimum Gasteiger partial charge on any atom is -0.336 e. The lowest BCUT2D eigenvalue weighted by molar-refractivity contribution is 0.0734. The average molecular weight is 288 g/mol. The third kappa shape index (κ3) is 2.26. The summed E-state index contributed by atoms with van der Waals surface area (Å²) < 4.78 is 1.03. The Labute approximate surface area is 102 Å². The summed E-state index contributed by atoms with van der Waals surface area (Å²) in [7, 11) is 0. The van der Waals surface area contributed by atoms with Crippen LogP contribution in [0.25, 0.3) is 0 Å². The zero-order valence-electron chi connectivity index (χ0n) is 8.70. The van der Waals surface area contributed by atoms with E-state index in [1.807, 2.05) is 16.3 Å². The summed E-state index contributed by atoms with van der Waals surface area (Å²) >= 11 is 4.96. The molecule has 1 aromatic rings. The largest absolute Gasteiger partial charge is 0.336 e. The van der Waals surface area contributed by atoms with Crippen molar-refractivity contribution in [1.29, 1.82) is 0 Å². The molecule has 0 aliphatic carbocycles. The fourth-order valence-corrected chi connectivity index (χ4v) is 3.25. The van der Waals surface area contributed by atoms with E-state index in [9.17, 15) is 4.79 Å². The van der Waals surface area contributed by atoms with Crippen LogP contribution in [0.1, 0.15) is 36.5 Å². The molecule has 1 aromatic heterocycles. The molecule has 2 rings (SSSR count). The Morgan fingerprint density at radius 3 is 3.13 bits per heavy atom. The van der Waals surface area contributed by atoms with Crippen LogP contribution in [-0.2, 0) is 0 Å². The molecule has 1 saturated heterocycles. The Hall–Kier alpha value is -0.350. The molecule has 1 amide bonds. The first-order valence-electron chi connectivity index (χ1n) is 5.27. The second-order valence-electron chi connectivity index (χ2n) is 3.84. The van der Waals surface area contributed by atoms with E-state index in [0.29, 0.717) is 6.04 Å². The number of likely N-dealkylation sites (tertiary alicyclic amines) is 1. The van der Waals surface area contributed by atoms with Gasteiger partial charge in [0, 0.05) is 18.0 Å². The monoisotopic (exact) mass is 287 g/mol. The molecular weight excluding hydrogens is 274 g/mol. The van der Waals surface area contributed by atoms with Crippen LogP contribution in [0.15, 0.2) is 15.2 Å². The van der Waals surface area contributed by atoms with Gasteiger partial charge in [-0.05, 0) is 41.3 Å². The van der Waals surface area contributed by atoms with Gasteiger partial charge in [-0.15, -0.1) is 11.3 Å². The lowest BCUT2D eigenvalue weighted by atomic mass is 10.1. The lowest BCUT2D eigenvalue weighted by Crippen LogP contribution is -2.34. The molecule has 1 unspecified atom stereocenters. The maximum atomic E-state index is 12.1. The molecule has 1 atom stereocenters. The van der Waals surface area contributed by atoms with E-state index in [1.165, 1.54) is 0 Å². The Morgan fingerprint density at radius 2 is 2.53 bits per heavy atom. The Morgan fingerprint density at radius 1 is 1.73 bits per heavy atom. The van der Waals surface area contributed by atoms with Crippen molar-refractivity contribution >= 4 is 33.2 Å². The minimum atomic E-state index is 0.196. The highest BCUT2D eigenvalue weighted by Gasteiger charge is 2.28. The van der Waals surface area contributed by atoms with Crippen LogP contribution in [-0.4, -0.2) is 23.4 Å². The van der Waals surface area contributed by atoms with Crippen molar-refractivity contribution in [1.82, 2.24) is 4.90 Å². The van der Waals surface area contributed by atoms with E-state index in [0.717, 1.165) is 35.2 Å². The molecule has 2 heterocycles. The molecule has 4 heteroatoms. The lowest BCUT2D eigenvalue weighted by Gasteiger charge is -2.23. The predicted octanol–water partition coefficient (Wildman–Crippen LogP) is 3.53. The van der Waals surface area contributed by atoms with Crippen LogP contribution in [0.3, 0.4) is 0 Å². The molecule has 0 bridgehead atoms. The van der Waals surface area contributed by atoms with Gasteiger partial charge in [-0.3, -0.25) is 4.79 Å². The number of halogens is 1. The summed E-state index contributed by atoms with van der Waals surface area (Å²) in [6.07, 6.45) is 3.38. The van der Waals surface area contributed by atoms with Crippen molar-refractivity contribution < 1.29 is 4.79 Å². The van der Waals surface area contributed by atoms with Crippen molar-refractivity contribution in [3.05, 3.63) is 20.8 Å². The second-order valence-corrected chi connectivity index (χ2v) is 6.13. The summed E-state index contributed by atoms with van der Waals surface area (Å²) in [6.45, 7) is 3.07. The summed E-state index contributed by atoms with van der Waals surface area (Å²) in [5.41, 5.74) is 0.826. The summed E-state index contributed by atoms with van der Waals surface area (Å²) in [5, 5.41) is 1.93. The van der Waals surface area contributed by atoms with Gasteiger partial charge in [0.2, 0.25) is 0 Å². The number of rotatable bonds is 2. The SMILES string of the molecule is CCC1CCCN1C(=O)c1csc(Br)c1. The van der Waals surface area contributed by atoms with E-state index >= 15 is 0 Å². The highest BCUT2D eigenvalue weighted by molar-refractivity contribution is 9.11. The number of hydrogen-bond donors (Lipinski definition) is 0. The van der Waals surface area contributed by atoms with Gasteiger partial charge in [-0.2, -0.15) is 0 Å². The van der Waals surface area contributed by atoms with Gasteiger partial charge >= 0.3 is 0 Å². The first-order chi connectivity index (χ1) is 7.22. The topological polar surface area (TPSA) is 20.3 Å². The van der Waals surface area contributed by atoms with Crippen molar-refractivity contribution in [3.63, 3.8) is 0 Å². The van der Waals surface area contributed by atoms with Crippen LogP contribution in [0.2, 0.25) is 0 Å². The van der Waals surface area contributed by atoms with Crippen LogP contribution in [0.5, 0.6) is 0 Å². The molecule has 82 valence electrons. The van der Waals surface area contributed by atoms with Crippen molar-refractivity contribution in [2.45, 2.75) is 32.2 Å². The van der Waals surface area contributed by atoms with Crippen molar-refractivity contribution in [3.8, 4) is 0 Å². The summed E-state index contributed by atoms with van der Waals surface area (Å²) in [6, 6.07) is 2.37. The third-order valence-electron chi connectivity index (χ3n) is 2.92. The van der Waals surface area contributed by atoms with Crippen LogP contribution >= 0.6 is 27.3 Å². The van der Waals surface area contributed by atoms with E-state index in [-0.39, 0.29) is 5.91 Å². The normalized spacial score (nSPS) is 20.9. The first-order valence-corrected chi connectivity index (χ1v) is 6.94. The summed E-state index contributed by atoms with van der Waals surface area (Å²) in [5.74, 6) is 0.196. The quantitative estimate of drug-likeness (QED) is 0.815. The zero-order valence-corrected chi connectivity index (χ0v) is 11.1. The van der Waals surface area contributed by atoms with Crippen molar-refractivity contribution in [2.24, 2.45) is 0 Å². The first kappa shape index (κ1) is 11.1. The molecule has 0 N–H and O–H groups in total. The van der Waals surface area contributed by atoms with Gasteiger partial charge in [0.15, 0.2) is 0 Å². The van der Waals surface area contributed by atoms with Gasteiger partial charge in [-0.25, -0.2) is 0 Å². The number of thiophene rings is 1. The molecule has 1 aliphatic heterocycles. The Balaban J connectivity index is 2.13. The molecule has 0 aromatic carbocycles. The molecular formula is C11H14BrNOS. The van der Waals surface area contributed by atoms with E-state index in [1.54, 1.807) is 11.3 Å². The van der Waals surface area contributed by atoms with Gasteiger partial charge in [0.25, 0.3) is 5.91 Å². The number of carbonyl (C=O) groups excluding carboxylic acids is 1. The molecule has 0 radical (unpaired) electrons. The number of carbonyl (C=O) groups is 1. The predicted molar refractivity (Wildman–Crippen MR) is 66.4 cm³/mol. The van der Waals surface area contributed by atoms with Gasteiger partial charge in [-0.1, -0.05) is 6.92 Å². The van der Waals surface area contributed by atoms with Gasteiger partial charge < -0.3 is 4.90 Å². The standard InChI is InChI=1S/C11H14BrNOS/c1-2-9-4-3-5-13(9)11(14)8-6-10(12)15-7-8/h6-7,9H,2-5H2,1H3. The number of hydrogen-bond acceptors (Lipinski definition) is 2. The third-order valence-corrected chi connectivity index (χ3v) is 4.43.